The van der Waals surface area contributed by atoms with Crippen molar-refractivity contribution < 1.29 is 32.7 Å². The number of piperidine rings is 1. The molecule has 1 heterocycles. The molecule has 25 heavy (non-hydrogen) atoms. The monoisotopic (exact) mass is 382 g/mol. The molecule has 1 aliphatic rings. The highest BCUT2D eigenvalue weighted by Crippen LogP contribution is 2.25. The van der Waals surface area contributed by atoms with Crippen molar-refractivity contribution in [2.75, 3.05) is 6.54 Å². The van der Waals surface area contributed by atoms with Gasteiger partial charge in [-0.25, -0.2) is 4.79 Å². The van der Waals surface area contributed by atoms with Crippen LogP contribution in [-0.4, -0.2) is 46.7 Å². The van der Waals surface area contributed by atoms with Crippen molar-refractivity contribution in [1.82, 2.24) is 10.4 Å². The van der Waals surface area contributed by atoms with E-state index in [0.717, 1.165) is 5.56 Å². The van der Waals surface area contributed by atoms with Crippen molar-refractivity contribution in [2.24, 2.45) is 0 Å². The van der Waals surface area contributed by atoms with Gasteiger partial charge in [0.15, 0.2) is 0 Å². The number of carboxylic acids is 1. The Kier molecular flexibility index (Phi) is 7.65. The van der Waals surface area contributed by atoms with Gasteiger partial charge < -0.3 is 10.0 Å². The van der Waals surface area contributed by atoms with Crippen LogP contribution in [0.5, 0.6) is 0 Å². The van der Waals surface area contributed by atoms with Gasteiger partial charge in [-0.1, -0.05) is 30.3 Å². The van der Waals surface area contributed by atoms with Gasteiger partial charge in [-0.05, 0) is 18.4 Å². The van der Waals surface area contributed by atoms with Crippen LogP contribution in [-0.2, 0) is 21.0 Å². The minimum Gasteiger partial charge on any atom is -0.480 e. The molecule has 0 aliphatic carbocycles. The second-order valence-electron chi connectivity index (χ2n) is 5.48. The highest BCUT2D eigenvalue weighted by atomic mass is 35.5. The molecule has 1 fully saturated rings. The molecule has 1 aliphatic heterocycles. The molecule has 140 valence electrons. The molecule has 1 saturated heterocycles. The minimum atomic E-state index is -5.11. The Hall–Kier alpha value is -1.84. The highest BCUT2D eigenvalue weighted by Gasteiger charge is 2.48. The summed E-state index contributed by atoms with van der Waals surface area (Å²) in [6.45, 7) is -0.184. The summed E-state index contributed by atoms with van der Waals surface area (Å²) in [7, 11) is 0. The molecule has 1 aromatic carbocycles. The third-order valence-electron chi connectivity index (χ3n) is 3.70. The number of alkyl halides is 3. The first-order chi connectivity index (χ1) is 11.3. The number of nitrogens with zero attached hydrogens (tertiary/aromatic N) is 1. The zero-order valence-electron chi connectivity index (χ0n) is 13.0. The third kappa shape index (κ3) is 5.87. The van der Waals surface area contributed by atoms with E-state index in [1.54, 1.807) is 0 Å². The number of benzene rings is 1. The number of likely N-dealkylation sites (tertiary alicyclic amines) is 1. The van der Waals surface area contributed by atoms with Crippen molar-refractivity contribution in [3.05, 3.63) is 35.9 Å². The Morgan fingerprint density at radius 2 is 1.88 bits per heavy atom. The summed E-state index contributed by atoms with van der Waals surface area (Å²) in [6, 6.07) is 7.07. The number of carbonyl (C=O) groups excluding carboxylic acids is 1. The van der Waals surface area contributed by atoms with Crippen molar-refractivity contribution in [2.45, 2.75) is 37.7 Å². The molecule has 1 amide bonds. The zero-order chi connectivity index (χ0) is 17.7. The molecule has 0 bridgehead atoms. The van der Waals surface area contributed by atoms with Gasteiger partial charge in [-0.3, -0.25) is 9.63 Å². The van der Waals surface area contributed by atoms with Gasteiger partial charge in [0.05, 0.1) is 6.61 Å². The molecule has 0 radical (unpaired) electrons. The number of carboxylic acid groups (broad SMARTS) is 1. The molecule has 10 heteroatoms. The predicted molar refractivity (Wildman–Crippen MR) is 83.8 cm³/mol. The first-order valence-electron chi connectivity index (χ1n) is 7.31. The predicted octanol–water partition coefficient (Wildman–Crippen LogP) is 2.14. The van der Waals surface area contributed by atoms with Crippen LogP contribution in [0.1, 0.15) is 18.4 Å². The topological polar surface area (TPSA) is 78.9 Å². The van der Waals surface area contributed by atoms with Crippen LogP contribution in [0.4, 0.5) is 13.2 Å². The first kappa shape index (κ1) is 21.2. The molecular formula is C15H18ClF3N2O4. The Morgan fingerprint density at radius 3 is 2.44 bits per heavy atom. The third-order valence-corrected chi connectivity index (χ3v) is 3.70. The molecule has 0 saturated carbocycles. The van der Waals surface area contributed by atoms with Gasteiger partial charge in [-0.15, -0.1) is 12.4 Å². The Balaban J connectivity index is 0.00000312. The first-order valence-corrected chi connectivity index (χ1v) is 7.31. The number of rotatable bonds is 5. The maximum atomic E-state index is 12.6. The van der Waals surface area contributed by atoms with Crippen LogP contribution in [0.3, 0.4) is 0 Å². The summed E-state index contributed by atoms with van der Waals surface area (Å²) < 4.78 is 37.9. The van der Waals surface area contributed by atoms with Crippen LogP contribution < -0.4 is 5.48 Å². The minimum absolute atomic E-state index is 0. The van der Waals surface area contributed by atoms with Gasteiger partial charge in [0.25, 0.3) is 0 Å². The fraction of sp³-hybridized carbons (Fsp3) is 0.467. The number of hydroxylamine groups is 1. The lowest BCUT2D eigenvalue weighted by Gasteiger charge is -2.37. The number of aliphatic carboxylic acids is 1. The number of hydrogen-bond acceptors (Lipinski definition) is 4. The van der Waals surface area contributed by atoms with E-state index in [9.17, 15) is 22.8 Å². The van der Waals surface area contributed by atoms with Gasteiger partial charge >= 0.3 is 18.1 Å². The Morgan fingerprint density at radius 1 is 1.24 bits per heavy atom. The molecule has 0 aromatic heterocycles. The van der Waals surface area contributed by atoms with E-state index in [0.29, 0.717) is 4.90 Å². The second-order valence-corrected chi connectivity index (χ2v) is 5.48. The molecular weight excluding hydrogens is 365 g/mol. The molecule has 2 N–H and O–H groups in total. The smallest absolute Gasteiger partial charge is 0.471 e. The van der Waals surface area contributed by atoms with Crippen LogP contribution in [0.2, 0.25) is 0 Å². The molecule has 2 rings (SSSR count). The van der Waals surface area contributed by atoms with E-state index in [-0.39, 0.29) is 38.4 Å². The largest absolute Gasteiger partial charge is 0.480 e. The van der Waals surface area contributed by atoms with E-state index in [1.807, 2.05) is 30.3 Å². The van der Waals surface area contributed by atoms with Crippen LogP contribution >= 0.6 is 12.4 Å². The number of nitrogens with one attached hydrogen (secondary N) is 1. The van der Waals surface area contributed by atoms with Gasteiger partial charge in [0, 0.05) is 12.6 Å². The van der Waals surface area contributed by atoms with Gasteiger partial charge in [-0.2, -0.15) is 18.7 Å². The van der Waals surface area contributed by atoms with E-state index >= 15 is 0 Å². The standard InChI is InChI=1S/C15H17F3N2O4.ClH/c16-15(17,18)14(23)20-8-11(6-7-12(20)13(21)22)19-24-9-10-4-2-1-3-5-10;/h1-5,11-12,19H,6-9H2,(H,21,22);1H/t11-,12+;/m1./s1. The Bertz CT molecular complexity index is 586. The van der Waals surface area contributed by atoms with E-state index < -0.39 is 30.1 Å². The fourth-order valence-electron chi connectivity index (χ4n) is 2.53. The van der Waals surface area contributed by atoms with Crippen molar-refractivity contribution in [3.63, 3.8) is 0 Å². The normalized spacial score (nSPS) is 20.7. The number of hydrogen-bond donors (Lipinski definition) is 2. The molecule has 6 nitrogen and oxygen atoms in total. The second kappa shape index (κ2) is 9.02. The molecule has 0 spiro atoms. The number of carbonyl (C=O) groups is 2. The van der Waals surface area contributed by atoms with Crippen LogP contribution in [0.15, 0.2) is 30.3 Å². The van der Waals surface area contributed by atoms with Crippen molar-refractivity contribution >= 4 is 24.3 Å². The lowest BCUT2D eigenvalue weighted by molar-refractivity contribution is -0.192. The van der Waals surface area contributed by atoms with E-state index in [1.165, 1.54) is 0 Å². The average molecular weight is 383 g/mol. The highest BCUT2D eigenvalue weighted by molar-refractivity contribution is 5.87. The van der Waals surface area contributed by atoms with E-state index in [2.05, 4.69) is 5.48 Å². The number of halogens is 4. The lowest BCUT2D eigenvalue weighted by atomic mass is 9.98. The van der Waals surface area contributed by atoms with Crippen LogP contribution in [0.25, 0.3) is 0 Å². The molecule has 0 unspecified atom stereocenters. The van der Waals surface area contributed by atoms with Crippen LogP contribution in [0, 0.1) is 0 Å². The lowest BCUT2D eigenvalue weighted by Crippen LogP contribution is -2.58. The summed E-state index contributed by atoms with van der Waals surface area (Å²) in [5.41, 5.74) is 3.48. The Labute approximate surface area is 148 Å². The summed E-state index contributed by atoms with van der Waals surface area (Å²) in [5, 5.41) is 9.02. The maximum absolute atomic E-state index is 12.6. The SMILES string of the molecule is Cl.O=C(O)[C@@H]1CC[C@@H](NOCc2ccccc2)CN1C(=O)C(F)(F)F. The van der Waals surface area contributed by atoms with Gasteiger partial charge in [0.2, 0.25) is 0 Å². The van der Waals surface area contributed by atoms with E-state index in [4.69, 9.17) is 9.94 Å². The molecule has 1 aromatic rings. The zero-order valence-corrected chi connectivity index (χ0v) is 13.8. The van der Waals surface area contributed by atoms with Gasteiger partial charge in [0.1, 0.15) is 6.04 Å². The van der Waals surface area contributed by atoms with Crippen molar-refractivity contribution in [1.29, 1.82) is 0 Å². The van der Waals surface area contributed by atoms with Crippen molar-refractivity contribution in [3.8, 4) is 0 Å². The summed E-state index contributed by atoms with van der Waals surface area (Å²) in [4.78, 5) is 28.1. The summed E-state index contributed by atoms with van der Waals surface area (Å²) >= 11 is 0. The fourth-order valence-corrected chi connectivity index (χ4v) is 2.53. The summed E-state index contributed by atoms with van der Waals surface area (Å²) in [6.07, 6.45) is -4.91. The average Bonchev–Trinajstić information content (AvgIpc) is 2.54. The number of amides is 1. The summed E-state index contributed by atoms with van der Waals surface area (Å²) in [5.74, 6) is -3.60. The quantitative estimate of drug-likeness (QED) is 0.763. The molecule has 2 atom stereocenters. The maximum Gasteiger partial charge on any atom is 0.471 e.